The molecule has 0 aliphatic carbocycles. The van der Waals surface area contributed by atoms with Gasteiger partial charge < -0.3 is 14.8 Å². The summed E-state index contributed by atoms with van der Waals surface area (Å²) in [4.78, 5) is 4.11. The van der Waals surface area contributed by atoms with E-state index in [0.29, 0.717) is 13.2 Å². The van der Waals surface area contributed by atoms with Crippen LogP contribution in [0.1, 0.15) is 12.1 Å². The quantitative estimate of drug-likeness (QED) is 0.869. The second kappa shape index (κ2) is 6.80. The average molecular weight is 288 g/mol. The van der Waals surface area contributed by atoms with Crippen LogP contribution in [0, 0.1) is 0 Å². The number of methoxy groups -OCH3 is 1. The van der Waals surface area contributed by atoms with Crippen LogP contribution in [-0.4, -0.2) is 47.7 Å². The molecule has 6 nitrogen and oxygen atoms in total. The van der Waals surface area contributed by atoms with E-state index in [1.165, 1.54) is 0 Å². The van der Waals surface area contributed by atoms with E-state index in [4.69, 9.17) is 9.47 Å². The van der Waals surface area contributed by atoms with Crippen LogP contribution in [0.15, 0.2) is 30.6 Å². The molecule has 1 aliphatic rings. The molecule has 1 aliphatic heterocycles. The fourth-order valence-electron chi connectivity index (χ4n) is 2.55. The Morgan fingerprint density at radius 1 is 1.52 bits per heavy atom. The van der Waals surface area contributed by atoms with Crippen LogP contribution in [0.4, 0.5) is 0 Å². The first kappa shape index (κ1) is 14.2. The lowest BCUT2D eigenvalue weighted by molar-refractivity contribution is -0.0374. The Morgan fingerprint density at radius 2 is 2.48 bits per heavy atom. The monoisotopic (exact) mass is 288 g/mol. The minimum absolute atomic E-state index is 0.208. The molecule has 0 amide bonds. The molecule has 1 saturated heterocycles. The Bertz CT molecular complexity index is 558. The van der Waals surface area contributed by atoms with Crippen LogP contribution in [0.5, 0.6) is 0 Å². The smallest absolute Gasteiger partial charge is 0.0939 e. The van der Waals surface area contributed by atoms with Crippen LogP contribution in [0.3, 0.4) is 0 Å². The molecule has 0 aromatic carbocycles. The van der Waals surface area contributed by atoms with Gasteiger partial charge >= 0.3 is 0 Å². The number of hydrogen-bond acceptors (Lipinski definition) is 5. The zero-order valence-electron chi connectivity index (χ0n) is 12.1. The van der Waals surface area contributed by atoms with Gasteiger partial charge in [0.2, 0.25) is 0 Å². The molecular formula is C15H20N4O2. The summed E-state index contributed by atoms with van der Waals surface area (Å²) in [5, 5.41) is 10.8. The first-order valence-electron chi connectivity index (χ1n) is 7.15. The summed E-state index contributed by atoms with van der Waals surface area (Å²) in [6.07, 6.45) is 4.70. The summed E-state index contributed by atoms with van der Waals surface area (Å²) in [5.41, 5.74) is 2.95. The summed E-state index contributed by atoms with van der Waals surface area (Å²) in [5.74, 6) is 0. The van der Waals surface area contributed by atoms with Gasteiger partial charge in [0, 0.05) is 43.9 Å². The van der Waals surface area contributed by atoms with Gasteiger partial charge in [0.15, 0.2) is 0 Å². The van der Waals surface area contributed by atoms with Crippen molar-refractivity contribution in [2.75, 3.05) is 20.3 Å². The third-order valence-electron chi connectivity index (χ3n) is 3.74. The van der Waals surface area contributed by atoms with E-state index in [1.54, 1.807) is 13.3 Å². The van der Waals surface area contributed by atoms with Gasteiger partial charge in [-0.1, -0.05) is 0 Å². The summed E-state index contributed by atoms with van der Waals surface area (Å²) in [6, 6.07) is 6.16. The van der Waals surface area contributed by atoms with Gasteiger partial charge in [0.05, 0.1) is 24.4 Å². The molecule has 0 saturated carbocycles. The van der Waals surface area contributed by atoms with Crippen molar-refractivity contribution in [3.63, 3.8) is 0 Å². The first-order chi connectivity index (χ1) is 10.4. The highest BCUT2D eigenvalue weighted by Gasteiger charge is 2.25. The molecular weight excluding hydrogens is 268 g/mol. The number of nitrogens with one attached hydrogen (secondary N) is 2. The van der Waals surface area contributed by atoms with E-state index < -0.39 is 0 Å². The van der Waals surface area contributed by atoms with Crippen molar-refractivity contribution in [3.05, 3.63) is 36.3 Å². The third-order valence-corrected chi connectivity index (χ3v) is 3.74. The highest BCUT2D eigenvalue weighted by molar-refractivity contribution is 5.57. The van der Waals surface area contributed by atoms with Crippen molar-refractivity contribution in [2.45, 2.75) is 25.1 Å². The van der Waals surface area contributed by atoms with Gasteiger partial charge in [0.1, 0.15) is 0 Å². The van der Waals surface area contributed by atoms with E-state index in [1.807, 2.05) is 24.4 Å². The minimum Gasteiger partial charge on any atom is -0.380 e. The molecule has 1 fully saturated rings. The molecule has 0 radical (unpaired) electrons. The Balaban J connectivity index is 1.60. The molecule has 2 N–H and O–H groups in total. The number of rotatable bonds is 5. The van der Waals surface area contributed by atoms with Crippen molar-refractivity contribution in [1.82, 2.24) is 20.5 Å². The lowest BCUT2D eigenvalue weighted by Gasteiger charge is -2.31. The third kappa shape index (κ3) is 3.47. The Labute approximate surface area is 123 Å². The maximum absolute atomic E-state index is 5.50. The van der Waals surface area contributed by atoms with Crippen molar-refractivity contribution in [2.24, 2.45) is 0 Å². The van der Waals surface area contributed by atoms with E-state index in [-0.39, 0.29) is 12.1 Å². The molecule has 3 heterocycles. The Kier molecular flexibility index (Phi) is 4.59. The zero-order valence-corrected chi connectivity index (χ0v) is 12.1. The van der Waals surface area contributed by atoms with Crippen molar-refractivity contribution in [3.8, 4) is 11.3 Å². The van der Waals surface area contributed by atoms with Crippen molar-refractivity contribution >= 4 is 0 Å². The summed E-state index contributed by atoms with van der Waals surface area (Å²) in [7, 11) is 1.75. The molecule has 2 aromatic heterocycles. The van der Waals surface area contributed by atoms with E-state index in [0.717, 1.165) is 30.0 Å². The summed E-state index contributed by atoms with van der Waals surface area (Å²) < 4.78 is 11.0. The fraction of sp³-hybridized carbons (Fsp3) is 0.467. The minimum atomic E-state index is 0.208. The second-order valence-corrected chi connectivity index (χ2v) is 5.15. The van der Waals surface area contributed by atoms with Crippen molar-refractivity contribution < 1.29 is 9.47 Å². The summed E-state index contributed by atoms with van der Waals surface area (Å²) in [6.45, 7) is 2.16. The maximum atomic E-state index is 5.50. The molecule has 2 aromatic rings. The second-order valence-electron chi connectivity index (χ2n) is 5.15. The summed E-state index contributed by atoms with van der Waals surface area (Å²) >= 11 is 0. The highest BCUT2D eigenvalue weighted by atomic mass is 16.5. The molecule has 112 valence electrons. The van der Waals surface area contributed by atoms with E-state index in [9.17, 15) is 0 Å². The maximum Gasteiger partial charge on any atom is 0.0939 e. The molecule has 3 rings (SSSR count). The van der Waals surface area contributed by atoms with Gasteiger partial charge in [-0.3, -0.25) is 10.1 Å². The number of nitrogens with zero attached hydrogens (tertiary/aromatic N) is 2. The molecule has 0 unspecified atom stereocenters. The van der Waals surface area contributed by atoms with E-state index in [2.05, 4.69) is 20.5 Å². The SMILES string of the molecule is CO[C@@H]1CCOC[C@H]1NCc1cc(-c2cccnc2)n[nH]1. The van der Waals surface area contributed by atoms with E-state index >= 15 is 0 Å². The number of H-pyrrole nitrogens is 1. The topological polar surface area (TPSA) is 72.1 Å². The highest BCUT2D eigenvalue weighted by Crippen LogP contribution is 2.16. The molecule has 0 bridgehead atoms. The van der Waals surface area contributed by atoms with Gasteiger partial charge in [-0.2, -0.15) is 5.10 Å². The van der Waals surface area contributed by atoms with Crippen LogP contribution < -0.4 is 5.32 Å². The van der Waals surface area contributed by atoms with Gasteiger partial charge in [-0.15, -0.1) is 0 Å². The first-order valence-corrected chi connectivity index (χ1v) is 7.15. The normalized spacial score (nSPS) is 22.3. The molecule has 2 atom stereocenters. The fourth-order valence-corrected chi connectivity index (χ4v) is 2.55. The number of aromatic nitrogens is 3. The molecule has 6 heteroatoms. The Morgan fingerprint density at radius 3 is 3.29 bits per heavy atom. The Hall–Kier alpha value is -1.76. The molecule has 21 heavy (non-hydrogen) atoms. The average Bonchev–Trinajstić information content (AvgIpc) is 3.03. The number of ether oxygens (including phenoxy) is 2. The predicted molar refractivity (Wildman–Crippen MR) is 78.7 cm³/mol. The van der Waals surface area contributed by atoms with Crippen LogP contribution in [-0.2, 0) is 16.0 Å². The van der Waals surface area contributed by atoms with Gasteiger partial charge in [-0.05, 0) is 24.6 Å². The van der Waals surface area contributed by atoms with Crippen molar-refractivity contribution in [1.29, 1.82) is 0 Å². The largest absolute Gasteiger partial charge is 0.380 e. The molecule has 0 spiro atoms. The zero-order chi connectivity index (χ0) is 14.5. The van der Waals surface area contributed by atoms with Gasteiger partial charge in [0.25, 0.3) is 0 Å². The number of hydrogen-bond donors (Lipinski definition) is 2. The lowest BCUT2D eigenvalue weighted by Crippen LogP contribution is -2.47. The lowest BCUT2D eigenvalue weighted by atomic mass is 10.1. The van der Waals surface area contributed by atoms with Crippen LogP contribution in [0.2, 0.25) is 0 Å². The number of pyridine rings is 1. The standard InChI is InChI=1S/C15H20N4O2/c1-20-15-4-6-21-10-14(15)17-9-12-7-13(19-18-12)11-3-2-5-16-8-11/h2-3,5,7-8,14-15,17H,4,6,9-10H2,1H3,(H,18,19)/t14-,15-/m1/s1. The van der Waals surface area contributed by atoms with Crippen LogP contribution in [0.25, 0.3) is 11.3 Å². The number of aromatic amines is 1. The van der Waals surface area contributed by atoms with Gasteiger partial charge in [-0.25, -0.2) is 0 Å². The predicted octanol–water partition coefficient (Wildman–Crippen LogP) is 1.37. The van der Waals surface area contributed by atoms with Crippen LogP contribution >= 0.6 is 0 Å².